The number of benzene rings is 2. The molecule has 3 aromatic rings. The Balaban J connectivity index is 1.62. The minimum atomic E-state index is -3.31. The zero-order valence-corrected chi connectivity index (χ0v) is 18.8. The Labute approximate surface area is 183 Å². The highest BCUT2D eigenvalue weighted by molar-refractivity contribution is 7.91. The van der Waals surface area contributed by atoms with Gasteiger partial charge in [-0.3, -0.25) is 0 Å². The Morgan fingerprint density at radius 3 is 2.65 bits per heavy atom. The molecular weight excluding hydrogens is 408 g/mol. The molecule has 0 aliphatic carbocycles. The number of hydrogen-bond donors (Lipinski definition) is 1. The third kappa shape index (κ3) is 3.77. The second-order valence-corrected chi connectivity index (χ2v) is 11.3. The summed E-state index contributed by atoms with van der Waals surface area (Å²) in [5, 5.41) is 1.12. The second-order valence-electron chi connectivity index (χ2n) is 9.19. The molecule has 1 unspecified atom stereocenters. The van der Waals surface area contributed by atoms with Crippen LogP contribution in [0.1, 0.15) is 24.5 Å². The van der Waals surface area contributed by atoms with E-state index in [1.165, 1.54) is 5.56 Å². The molecule has 1 aromatic heterocycles. The first-order valence-corrected chi connectivity index (χ1v) is 12.4. The molecule has 0 amide bonds. The van der Waals surface area contributed by atoms with Crippen molar-refractivity contribution in [2.24, 2.45) is 5.73 Å². The fourth-order valence-corrected chi connectivity index (χ4v) is 6.18. The lowest BCUT2D eigenvalue weighted by molar-refractivity contribution is 0.525. The molecule has 0 radical (unpaired) electrons. The van der Waals surface area contributed by atoms with Crippen LogP contribution < -0.4 is 15.5 Å². The van der Waals surface area contributed by atoms with Crippen LogP contribution in [0.15, 0.2) is 53.4 Å². The highest BCUT2D eigenvalue weighted by Crippen LogP contribution is 2.35. The highest BCUT2D eigenvalue weighted by atomic mass is 32.2. The second kappa shape index (κ2) is 7.21. The van der Waals surface area contributed by atoms with Gasteiger partial charge in [0, 0.05) is 48.9 Å². The lowest BCUT2D eigenvalue weighted by Gasteiger charge is -2.27. The maximum absolute atomic E-state index is 12.8. The van der Waals surface area contributed by atoms with Gasteiger partial charge in [-0.25, -0.2) is 13.4 Å². The maximum atomic E-state index is 12.8. The summed E-state index contributed by atoms with van der Waals surface area (Å²) in [6.07, 6.45) is 0.938. The summed E-state index contributed by atoms with van der Waals surface area (Å²) < 4.78 is 25.6. The maximum Gasteiger partial charge on any atom is 0.180 e. The lowest BCUT2D eigenvalue weighted by atomic mass is 10.0. The van der Waals surface area contributed by atoms with Crippen molar-refractivity contribution in [2.75, 3.05) is 35.2 Å². The van der Waals surface area contributed by atoms with Gasteiger partial charge in [0.05, 0.1) is 16.2 Å². The van der Waals surface area contributed by atoms with E-state index in [0.717, 1.165) is 47.5 Å². The predicted molar refractivity (Wildman–Crippen MR) is 125 cm³/mol. The summed E-state index contributed by atoms with van der Waals surface area (Å²) in [5.41, 5.74) is 10.3. The quantitative estimate of drug-likeness (QED) is 0.664. The standard InChI is InChI=1S/C24H28N4O2S/c1-17-7-8-20-19(13-17)21(28-10-9-24(2,25)16-28)14-23(26-20)27-11-12-31(29,30)22-6-4-3-5-18(22)15-27/h3-8,13-14H,9-12,15-16,25H2,1-2H3. The van der Waals surface area contributed by atoms with Crippen molar-refractivity contribution in [1.29, 1.82) is 0 Å². The van der Waals surface area contributed by atoms with E-state index in [1.54, 1.807) is 12.1 Å². The minimum Gasteiger partial charge on any atom is -0.369 e. The molecule has 3 heterocycles. The van der Waals surface area contributed by atoms with E-state index in [9.17, 15) is 8.42 Å². The van der Waals surface area contributed by atoms with E-state index >= 15 is 0 Å². The molecule has 2 aliphatic heterocycles. The Hall–Kier alpha value is -2.64. The van der Waals surface area contributed by atoms with Crippen molar-refractivity contribution in [3.63, 3.8) is 0 Å². The molecule has 0 bridgehead atoms. The molecule has 31 heavy (non-hydrogen) atoms. The van der Waals surface area contributed by atoms with Crippen LogP contribution in [0, 0.1) is 6.92 Å². The van der Waals surface area contributed by atoms with Crippen LogP contribution in [0.4, 0.5) is 11.5 Å². The summed E-state index contributed by atoms with van der Waals surface area (Å²) in [7, 11) is -3.31. The summed E-state index contributed by atoms with van der Waals surface area (Å²) in [6, 6.07) is 15.7. The zero-order chi connectivity index (χ0) is 21.8. The molecule has 162 valence electrons. The van der Waals surface area contributed by atoms with Gasteiger partial charge < -0.3 is 15.5 Å². The Kier molecular flexibility index (Phi) is 4.71. The van der Waals surface area contributed by atoms with E-state index in [4.69, 9.17) is 10.7 Å². The molecule has 1 atom stereocenters. The first-order valence-electron chi connectivity index (χ1n) is 10.7. The van der Waals surface area contributed by atoms with Gasteiger partial charge in [-0.2, -0.15) is 0 Å². The highest BCUT2D eigenvalue weighted by Gasteiger charge is 2.32. The van der Waals surface area contributed by atoms with Crippen LogP contribution in [-0.2, 0) is 16.4 Å². The molecule has 7 heteroatoms. The van der Waals surface area contributed by atoms with Gasteiger partial charge in [0.1, 0.15) is 5.82 Å². The van der Waals surface area contributed by atoms with Gasteiger partial charge in [0.15, 0.2) is 9.84 Å². The van der Waals surface area contributed by atoms with Crippen LogP contribution in [0.2, 0.25) is 0 Å². The summed E-state index contributed by atoms with van der Waals surface area (Å²) in [6.45, 7) is 6.81. The van der Waals surface area contributed by atoms with Gasteiger partial charge in [-0.1, -0.05) is 29.8 Å². The Morgan fingerprint density at radius 1 is 1.06 bits per heavy atom. The number of rotatable bonds is 2. The summed E-state index contributed by atoms with van der Waals surface area (Å²) >= 11 is 0. The predicted octanol–water partition coefficient (Wildman–Crippen LogP) is 3.26. The molecular formula is C24H28N4O2S. The van der Waals surface area contributed by atoms with Gasteiger partial charge in [-0.15, -0.1) is 0 Å². The van der Waals surface area contributed by atoms with Crippen LogP contribution in [-0.4, -0.2) is 44.3 Å². The number of nitrogens with zero attached hydrogens (tertiary/aromatic N) is 3. The van der Waals surface area contributed by atoms with Crippen molar-refractivity contribution < 1.29 is 8.42 Å². The summed E-state index contributed by atoms with van der Waals surface area (Å²) in [4.78, 5) is 9.81. The molecule has 1 saturated heterocycles. The van der Waals surface area contributed by atoms with Crippen LogP contribution in [0.3, 0.4) is 0 Å². The lowest BCUT2D eigenvalue weighted by Crippen LogP contribution is -2.39. The molecule has 1 fully saturated rings. The summed E-state index contributed by atoms with van der Waals surface area (Å²) in [5.74, 6) is 0.890. The topological polar surface area (TPSA) is 79.5 Å². The van der Waals surface area contributed by atoms with Crippen LogP contribution >= 0.6 is 0 Å². The number of aromatic nitrogens is 1. The van der Waals surface area contributed by atoms with E-state index in [2.05, 4.69) is 47.9 Å². The fourth-order valence-electron chi connectivity index (χ4n) is 4.68. The van der Waals surface area contributed by atoms with E-state index in [0.29, 0.717) is 18.0 Å². The van der Waals surface area contributed by atoms with E-state index in [-0.39, 0.29) is 11.3 Å². The molecule has 2 N–H and O–H groups in total. The third-order valence-corrected chi connectivity index (χ3v) is 8.19. The zero-order valence-electron chi connectivity index (χ0n) is 18.0. The van der Waals surface area contributed by atoms with Gasteiger partial charge in [-0.05, 0) is 44.0 Å². The molecule has 6 nitrogen and oxygen atoms in total. The normalized spacial score (nSPS) is 23.1. The average Bonchev–Trinajstić information content (AvgIpc) is 3.03. The fraction of sp³-hybridized carbons (Fsp3) is 0.375. The molecule has 0 spiro atoms. The number of sulfone groups is 1. The van der Waals surface area contributed by atoms with Crippen LogP contribution in [0.5, 0.6) is 0 Å². The monoisotopic (exact) mass is 436 g/mol. The van der Waals surface area contributed by atoms with Crippen molar-refractivity contribution in [2.45, 2.75) is 37.2 Å². The number of pyridine rings is 1. The van der Waals surface area contributed by atoms with Crippen LogP contribution in [0.25, 0.3) is 10.9 Å². The molecule has 2 aromatic carbocycles. The number of nitrogens with two attached hydrogens (primary N) is 1. The Morgan fingerprint density at radius 2 is 1.87 bits per heavy atom. The molecule has 0 saturated carbocycles. The van der Waals surface area contributed by atoms with Gasteiger partial charge in [0.25, 0.3) is 0 Å². The number of fused-ring (bicyclic) bond motifs is 2. The number of aryl methyl sites for hydroxylation is 1. The minimum absolute atomic E-state index is 0.0809. The molecule has 2 aliphatic rings. The smallest absolute Gasteiger partial charge is 0.180 e. The van der Waals surface area contributed by atoms with E-state index < -0.39 is 9.84 Å². The van der Waals surface area contributed by atoms with Crippen molar-refractivity contribution in [3.8, 4) is 0 Å². The van der Waals surface area contributed by atoms with Gasteiger partial charge >= 0.3 is 0 Å². The molecule has 5 rings (SSSR count). The average molecular weight is 437 g/mol. The van der Waals surface area contributed by atoms with Crippen molar-refractivity contribution in [3.05, 3.63) is 59.7 Å². The number of anilines is 2. The van der Waals surface area contributed by atoms with Crippen molar-refractivity contribution in [1.82, 2.24) is 4.98 Å². The Bertz CT molecular complexity index is 1270. The third-order valence-electron chi connectivity index (χ3n) is 6.40. The SMILES string of the molecule is Cc1ccc2nc(N3CCS(=O)(=O)c4ccccc4C3)cc(N3CCC(C)(N)C3)c2c1. The van der Waals surface area contributed by atoms with E-state index in [1.807, 2.05) is 12.1 Å². The largest absolute Gasteiger partial charge is 0.369 e. The first kappa shape index (κ1) is 20.3. The number of hydrogen-bond acceptors (Lipinski definition) is 6. The first-order chi connectivity index (χ1) is 14.7. The van der Waals surface area contributed by atoms with Gasteiger partial charge in [0.2, 0.25) is 0 Å². The van der Waals surface area contributed by atoms with Crippen molar-refractivity contribution >= 4 is 32.2 Å².